The predicted molar refractivity (Wildman–Crippen MR) is 66.9 cm³/mol. The minimum absolute atomic E-state index is 0.0248. The molecular weight excluding hydrogens is 230 g/mol. The van der Waals surface area contributed by atoms with Gasteiger partial charge in [-0.2, -0.15) is 5.26 Å². The zero-order valence-corrected chi connectivity index (χ0v) is 10.6. The molecular formula is C13H17N3O2. The fourth-order valence-corrected chi connectivity index (χ4v) is 1.61. The highest BCUT2D eigenvalue weighted by molar-refractivity contribution is 5.87. The summed E-state index contributed by atoms with van der Waals surface area (Å²) >= 11 is 0. The van der Waals surface area contributed by atoms with Crippen LogP contribution in [-0.2, 0) is 6.54 Å². The van der Waals surface area contributed by atoms with E-state index in [1.807, 2.05) is 13.8 Å². The largest absolute Gasteiger partial charge is 0.478 e. The molecule has 0 spiro atoms. The number of carbonyl (C=O) groups is 1. The maximum absolute atomic E-state index is 10.7. The number of hydrogen-bond donors (Lipinski definition) is 1. The summed E-state index contributed by atoms with van der Waals surface area (Å²) in [5.74, 6) is -0.997. The van der Waals surface area contributed by atoms with Crippen LogP contribution < -0.4 is 0 Å². The van der Waals surface area contributed by atoms with E-state index in [4.69, 9.17) is 10.4 Å². The Labute approximate surface area is 107 Å². The molecule has 0 saturated carbocycles. The average molecular weight is 247 g/mol. The van der Waals surface area contributed by atoms with Crippen LogP contribution in [-0.4, -0.2) is 34.0 Å². The molecule has 1 unspecified atom stereocenters. The smallest absolute Gasteiger partial charge is 0.337 e. The van der Waals surface area contributed by atoms with Crippen molar-refractivity contribution in [2.24, 2.45) is 5.92 Å². The van der Waals surface area contributed by atoms with Crippen LogP contribution in [0.1, 0.15) is 29.9 Å². The maximum Gasteiger partial charge on any atom is 0.337 e. The third-order valence-electron chi connectivity index (χ3n) is 2.66. The molecule has 0 aliphatic rings. The second-order valence-corrected chi connectivity index (χ2v) is 4.20. The van der Waals surface area contributed by atoms with Crippen LogP contribution in [0, 0.1) is 17.2 Å². The van der Waals surface area contributed by atoms with Gasteiger partial charge in [-0.25, -0.2) is 4.79 Å². The van der Waals surface area contributed by atoms with Crippen LogP contribution in [0.5, 0.6) is 0 Å². The Bertz CT molecular complexity index is 437. The molecule has 1 atom stereocenters. The van der Waals surface area contributed by atoms with Gasteiger partial charge >= 0.3 is 5.97 Å². The first-order valence-corrected chi connectivity index (χ1v) is 5.87. The molecule has 1 aromatic rings. The van der Waals surface area contributed by atoms with Gasteiger partial charge in [-0.15, -0.1) is 0 Å². The molecule has 0 bridgehead atoms. The van der Waals surface area contributed by atoms with E-state index in [1.165, 1.54) is 6.20 Å². The summed E-state index contributed by atoms with van der Waals surface area (Å²) in [7, 11) is 0. The second-order valence-electron chi connectivity index (χ2n) is 4.20. The molecule has 5 heteroatoms. The Balaban J connectivity index is 2.65. The molecule has 0 aromatic carbocycles. The SMILES string of the molecule is CCN(Cc1ccc(C(=O)O)cn1)CC(C)C#N. The van der Waals surface area contributed by atoms with Crippen molar-refractivity contribution in [3.8, 4) is 6.07 Å². The highest BCUT2D eigenvalue weighted by Gasteiger charge is 2.10. The molecule has 1 aromatic heterocycles. The van der Waals surface area contributed by atoms with Crippen molar-refractivity contribution in [3.63, 3.8) is 0 Å². The molecule has 1 N–H and O–H groups in total. The summed E-state index contributed by atoms with van der Waals surface area (Å²) in [5.41, 5.74) is 0.999. The Morgan fingerprint density at radius 3 is 2.78 bits per heavy atom. The highest BCUT2D eigenvalue weighted by Crippen LogP contribution is 2.06. The molecule has 5 nitrogen and oxygen atoms in total. The number of aromatic nitrogens is 1. The first-order valence-electron chi connectivity index (χ1n) is 5.87. The first-order chi connectivity index (χ1) is 8.56. The minimum Gasteiger partial charge on any atom is -0.478 e. The van der Waals surface area contributed by atoms with Crippen LogP contribution in [0.25, 0.3) is 0 Å². The summed E-state index contributed by atoms with van der Waals surface area (Å²) in [6.07, 6.45) is 1.36. The van der Waals surface area contributed by atoms with E-state index in [0.717, 1.165) is 12.2 Å². The molecule has 0 saturated heterocycles. The zero-order valence-electron chi connectivity index (χ0n) is 10.6. The van der Waals surface area contributed by atoms with E-state index in [2.05, 4.69) is 16.0 Å². The number of nitriles is 1. The first kappa shape index (κ1) is 14.1. The zero-order chi connectivity index (χ0) is 13.5. The molecule has 0 radical (unpaired) electrons. The Morgan fingerprint density at radius 2 is 2.33 bits per heavy atom. The predicted octanol–water partition coefficient (Wildman–Crippen LogP) is 1.76. The molecule has 1 heterocycles. The summed E-state index contributed by atoms with van der Waals surface area (Å²) in [6.45, 7) is 6.05. The third kappa shape index (κ3) is 4.15. The molecule has 0 aliphatic heterocycles. The summed E-state index contributed by atoms with van der Waals surface area (Å²) in [4.78, 5) is 16.9. The van der Waals surface area contributed by atoms with Crippen LogP contribution in [0.4, 0.5) is 0 Å². The molecule has 0 aliphatic carbocycles. The van der Waals surface area contributed by atoms with Gasteiger partial charge in [0.25, 0.3) is 0 Å². The molecule has 0 fully saturated rings. The Kier molecular flexibility index (Phi) is 5.28. The van der Waals surface area contributed by atoms with Gasteiger partial charge in [0.05, 0.1) is 23.2 Å². The maximum atomic E-state index is 10.7. The second kappa shape index (κ2) is 6.72. The van der Waals surface area contributed by atoms with E-state index < -0.39 is 5.97 Å². The van der Waals surface area contributed by atoms with Gasteiger partial charge in [0, 0.05) is 19.3 Å². The van der Waals surface area contributed by atoms with E-state index in [0.29, 0.717) is 13.1 Å². The Hall–Kier alpha value is -1.93. The van der Waals surface area contributed by atoms with Crippen molar-refractivity contribution < 1.29 is 9.90 Å². The highest BCUT2D eigenvalue weighted by atomic mass is 16.4. The summed E-state index contributed by atoms with van der Waals surface area (Å²) in [6, 6.07) is 5.46. The number of carboxylic acid groups (broad SMARTS) is 1. The lowest BCUT2D eigenvalue weighted by Crippen LogP contribution is -2.28. The van der Waals surface area contributed by atoms with Crippen molar-refractivity contribution in [1.82, 2.24) is 9.88 Å². The molecule has 96 valence electrons. The van der Waals surface area contributed by atoms with Crippen molar-refractivity contribution in [1.29, 1.82) is 5.26 Å². The van der Waals surface area contributed by atoms with Crippen molar-refractivity contribution in [3.05, 3.63) is 29.6 Å². The number of nitrogens with zero attached hydrogens (tertiary/aromatic N) is 3. The lowest BCUT2D eigenvalue weighted by molar-refractivity contribution is 0.0696. The third-order valence-corrected chi connectivity index (χ3v) is 2.66. The normalized spacial score (nSPS) is 12.1. The number of aromatic carboxylic acids is 1. The number of hydrogen-bond acceptors (Lipinski definition) is 4. The minimum atomic E-state index is -0.973. The number of carboxylic acids is 1. The molecule has 1 rings (SSSR count). The van der Waals surface area contributed by atoms with Crippen molar-refractivity contribution in [2.45, 2.75) is 20.4 Å². The van der Waals surface area contributed by atoms with Gasteiger partial charge in [-0.1, -0.05) is 6.92 Å². The lowest BCUT2D eigenvalue weighted by atomic mass is 10.2. The van der Waals surface area contributed by atoms with Crippen LogP contribution in [0.3, 0.4) is 0 Å². The molecule has 18 heavy (non-hydrogen) atoms. The van der Waals surface area contributed by atoms with Crippen molar-refractivity contribution in [2.75, 3.05) is 13.1 Å². The summed E-state index contributed by atoms with van der Waals surface area (Å²) in [5, 5.41) is 17.6. The Morgan fingerprint density at radius 1 is 1.61 bits per heavy atom. The summed E-state index contributed by atoms with van der Waals surface area (Å²) < 4.78 is 0. The van der Waals surface area contributed by atoms with Crippen molar-refractivity contribution >= 4 is 5.97 Å². The van der Waals surface area contributed by atoms with Crippen LogP contribution in [0.2, 0.25) is 0 Å². The van der Waals surface area contributed by atoms with Gasteiger partial charge < -0.3 is 5.11 Å². The van der Waals surface area contributed by atoms with E-state index >= 15 is 0 Å². The fourth-order valence-electron chi connectivity index (χ4n) is 1.61. The van der Waals surface area contributed by atoms with Gasteiger partial charge in [-0.3, -0.25) is 9.88 Å². The quantitative estimate of drug-likeness (QED) is 0.828. The topological polar surface area (TPSA) is 77.2 Å². The monoisotopic (exact) mass is 247 g/mol. The van der Waals surface area contributed by atoms with Crippen LogP contribution in [0.15, 0.2) is 18.3 Å². The van der Waals surface area contributed by atoms with Crippen LogP contribution >= 0.6 is 0 Å². The van der Waals surface area contributed by atoms with E-state index in [-0.39, 0.29) is 11.5 Å². The van der Waals surface area contributed by atoms with Gasteiger partial charge in [0.1, 0.15) is 0 Å². The number of pyridine rings is 1. The van der Waals surface area contributed by atoms with E-state index in [1.54, 1.807) is 12.1 Å². The standard InChI is InChI=1S/C13H17N3O2/c1-3-16(8-10(2)6-14)9-12-5-4-11(7-15-12)13(17)18/h4-5,7,10H,3,8-9H2,1-2H3,(H,17,18). The average Bonchev–Trinajstić information content (AvgIpc) is 2.38. The number of rotatable bonds is 6. The van der Waals surface area contributed by atoms with Gasteiger partial charge in [-0.05, 0) is 25.6 Å². The lowest BCUT2D eigenvalue weighted by Gasteiger charge is -2.20. The van der Waals surface area contributed by atoms with Gasteiger partial charge in [0.15, 0.2) is 0 Å². The fraction of sp³-hybridized carbons (Fsp3) is 0.462. The molecule has 0 amide bonds. The van der Waals surface area contributed by atoms with E-state index in [9.17, 15) is 4.79 Å². The van der Waals surface area contributed by atoms with Gasteiger partial charge in [0.2, 0.25) is 0 Å².